The van der Waals surface area contributed by atoms with Gasteiger partial charge in [-0.15, -0.1) is 11.3 Å². The molecule has 1 aromatic rings. The summed E-state index contributed by atoms with van der Waals surface area (Å²) < 4.78 is 0. The number of aliphatic hydroxyl groups is 1. The summed E-state index contributed by atoms with van der Waals surface area (Å²) in [6, 6.07) is 4.16. The van der Waals surface area contributed by atoms with E-state index in [1.165, 1.54) is 4.88 Å². The molecule has 4 rings (SSSR count). The van der Waals surface area contributed by atoms with Gasteiger partial charge in [0.05, 0.1) is 6.10 Å². The van der Waals surface area contributed by atoms with E-state index in [1.54, 1.807) is 11.3 Å². The summed E-state index contributed by atoms with van der Waals surface area (Å²) >= 11 is 1.73. The van der Waals surface area contributed by atoms with E-state index in [0.29, 0.717) is 5.92 Å². The van der Waals surface area contributed by atoms with Gasteiger partial charge in [-0.25, -0.2) is 0 Å². The lowest BCUT2D eigenvalue weighted by Crippen LogP contribution is -2.48. The third kappa shape index (κ3) is 1.60. The van der Waals surface area contributed by atoms with Gasteiger partial charge in [0, 0.05) is 23.7 Å². The highest BCUT2D eigenvalue weighted by molar-refractivity contribution is 7.10. The van der Waals surface area contributed by atoms with E-state index in [2.05, 4.69) is 28.5 Å². The lowest BCUT2D eigenvalue weighted by molar-refractivity contribution is 0.0215. The Morgan fingerprint density at radius 3 is 2.80 bits per heavy atom. The number of fused-ring (bicyclic) bond motifs is 3. The number of piperidine rings is 3. The van der Waals surface area contributed by atoms with Crippen LogP contribution in [0, 0.1) is 5.92 Å². The normalized spacial score (nSPS) is 32.6. The molecule has 1 N–H and O–H groups in total. The summed E-state index contributed by atoms with van der Waals surface area (Å²) in [4.78, 5) is 3.58. The number of hydrogen-bond acceptors (Lipinski definition) is 3. The average molecular weight is 221 g/mol. The van der Waals surface area contributed by atoms with Crippen LogP contribution in [0.15, 0.2) is 23.2 Å². The molecule has 3 heteroatoms. The molecule has 2 nitrogen and oxygen atoms in total. The van der Waals surface area contributed by atoms with Gasteiger partial charge in [-0.2, -0.15) is 0 Å². The Kier molecular flexibility index (Phi) is 2.29. The Hall–Kier alpha value is -0.800. The highest BCUT2D eigenvalue weighted by Gasteiger charge is 2.36. The van der Waals surface area contributed by atoms with Gasteiger partial charge >= 0.3 is 0 Å². The van der Waals surface area contributed by atoms with E-state index < -0.39 is 0 Å². The molecule has 15 heavy (non-hydrogen) atoms. The summed E-state index contributed by atoms with van der Waals surface area (Å²) in [5.74, 6) is 0.501. The molecule has 3 aliphatic heterocycles. The van der Waals surface area contributed by atoms with Gasteiger partial charge in [0.2, 0.25) is 0 Å². The molecule has 0 aromatic carbocycles. The van der Waals surface area contributed by atoms with Crippen molar-refractivity contribution in [3.05, 3.63) is 28.1 Å². The fourth-order valence-electron chi connectivity index (χ4n) is 2.60. The minimum absolute atomic E-state index is 0.227. The molecular weight excluding hydrogens is 206 g/mol. The number of nitrogens with zero attached hydrogens (tertiary/aromatic N) is 1. The molecule has 3 fully saturated rings. The van der Waals surface area contributed by atoms with Crippen LogP contribution in [0.3, 0.4) is 0 Å². The van der Waals surface area contributed by atoms with E-state index in [-0.39, 0.29) is 6.10 Å². The van der Waals surface area contributed by atoms with Crippen molar-refractivity contribution in [2.75, 3.05) is 13.1 Å². The van der Waals surface area contributed by atoms with Crippen LogP contribution in [0.2, 0.25) is 0 Å². The van der Waals surface area contributed by atoms with Gasteiger partial charge in [0.1, 0.15) is 0 Å². The molecule has 1 aromatic heterocycles. The topological polar surface area (TPSA) is 23.5 Å². The SMILES string of the molecule is O[C@H]1/C(=C/c2cccs2)N2CCC1CC2. The van der Waals surface area contributed by atoms with Gasteiger partial charge in [0.15, 0.2) is 0 Å². The first-order valence-electron chi connectivity index (χ1n) is 5.53. The molecule has 80 valence electrons. The largest absolute Gasteiger partial charge is 0.387 e. The van der Waals surface area contributed by atoms with E-state index in [9.17, 15) is 5.11 Å². The Bertz CT molecular complexity index is 359. The highest BCUT2D eigenvalue weighted by Crippen LogP contribution is 2.35. The maximum absolute atomic E-state index is 10.2. The Labute approximate surface area is 93.8 Å². The fourth-order valence-corrected chi connectivity index (χ4v) is 3.26. The molecule has 0 spiro atoms. The Morgan fingerprint density at radius 1 is 1.40 bits per heavy atom. The number of thiophene rings is 1. The summed E-state index contributed by atoms with van der Waals surface area (Å²) in [6.45, 7) is 2.25. The standard InChI is InChI=1S/C12H15NOS/c14-12-9-3-5-13(6-4-9)11(12)8-10-2-1-7-15-10/h1-2,7-9,12,14H,3-6H2/b11-8-/t12-/m1/s1. The minimum Gasteiger partial charge on any atom is -0.387 e. The molecular formula is C12H15NOS. The van der Waals surface area contributed by atoms with E-state index >= 15 is 0 Å². The summed E-state index contributed by atoms with van der Waals surface area (Å²) in [6.07, 6.45) is 4.24. The van der Waals surface area contributed by atoms with Crippen molar-refractivity contribution in [1.29, 1.82) is 0 Å². The van der Waals surface area contributed by atoms with Crippen molar-refractivity contribution in [2.45, 2.75) is 18.9 Å². The zero-order valence-electron chi connectivity index (χ0n) is 8.60. The van der Waals surface area contributed by atoms with Gasteiger partial charge < -0.3 is 10.0 Å². The fraction of sp³-hybridized carbons (Fsp3) is 0.500. The minimum atomic E-state index is -0.227. The second-order valence-corrected chi connectivity index (χ2v) is 5.33. The van der Waals surface area contributed by atoms with Crippen LogP contribution in [0.4, 0.5) is 0 Å². The highest BCUT2D eigenvalue weighted by atomic mass is 32.1. The first kappa shape index (κ1) is 9.43. The van der Waals surface area contributed by atoms with E-state index in [4.69, 9.17) is 0 Å². The maximum Gasteiger partial charge on any atom is 0.0966 e. The number of aliphatic hydroxyl groups excluding tert-OH is 1. The molecule has 3 saturated heterocycles. The first-order valence-corrected chi connectivity index (χ1v) is 6.40. The van der Waals surface area contributed by atoms with Crippen molar-refractivity contribution in [3.63, 3.8) is 0 Å². The van der Waals surface area contributed by atoms with Gasteiger partial charge in [-0.3, -0.25) is 0 Å². The van der Waals surface area contributed by atoms with Gasteiger partial charge in [-0.05, 0) is 36.3 Å². The predicted octanol–water partition coefficient (Wildman–Crippen LogP) is 2.18. The number of hydrogen-bond donors (Lipinski definition) is 1. The molecule has 1 atom stereocenters. The lowest BCUT2D eigenvalue weighted by Gasteiger charge is -2.45. The van der Waals surface area contributed by atoms with Crippen LogP contribution in [0.1, 0.15) is 17.7 Å². The van der Waals surface area contributed by atoms with Crippen molar-refractivity contribution < 1.29 is 5.11 Å². The lowest BCUT2D eigenvalue weighted by atomic mass is 9.83. The summed E-state index contributed by atoms with van der Waals surface area (Å²) in [7, 11) is 0. The van der Waals surface area contributed by atoms with Crippen molar-refractivity contribution in [2.24, 2.45) is 5.92 Å². The molecule has 0 unspecified atom stereocenters. The zero-order valence-corrected chi connectivity index (χ0v) is 9.41. The first-order chi connectivity index (χ1) is 7.34. The molecule has 0 amide bonds. The quantitative estimate of drug-likeness (QED) is 0.785. The second-order valence-electron chi connectivity index (χ2n) is 4.35. The van der Waals surface area contributed by atoms with E-state index in [0.717, 1.165) is 31.6 Å². The molecule has 0 saturated carbocycles. The van der Waals surface area contributed by atoms with Crippen LogP contribution in [-0.4, -0.2) is 29.2 Å². The van der Waals surface area contributed by atoms with Crippen LogP contribution >= 0.6 is 11.3 Å². The maximum atomic E-state index is 10.2. The number of rotatable bonds is 1. The van der Waals surface area contributed by atoms with Crippen molar-refractivity contribution in [1.82, 2.24) is 4.90 Å². The van der Waals surface area contributed by atoms with E-state index in [1.807, 2.05) is 0 Å². The van der Waals surface area contributed by atoms with Crippen LogP contribution in [0.5, 0.6) is 0 Å². The van der Waals surface area contributed by atoms with Gasteiger partial charge in [0.25, 0.3) is 0 Å². The summed E-state index contributed by atoms with van der Waals surface area (Å²) in [5, 5.41) is 12.2. The zero-order chi connectivity index (χ0) is 10.3. The second kappa shape index (κ2) is 3.65. The Morgan fingerprint density at radius 2 is 2.20 bits per heavy atom. The average Bonchev–Trinajstić information content (AvgIpc) is 2.77. The Balaban J connectivity index is 1.92. The molecule has 2 bridgehead atoms. The van der Waals surface area contributed by atoms with Gasteiger partial charge in [-0.1, -0.05) is 6.07 Å². The van der Waals surface area contributed by atoms with Crippen LogP contribution in [-0.2, 0) is 0 Å². The van der Waals surface area contributed by atoms with Crippen LogP contribution < -0.4 is 0 Å². The van der Waals surface area contributed by atoms with Crippen molar-refractivity contribution in [3.8, 4) is 0 Å². The van der Waals surface area contributed by atoms with Crippen LogP contribution in [0.25, 0.3) is 6.08 Å². The molecule has 3 aliphatic rings. The predicted molar refractivity (Wildman–Crippen MR) is 62.6 cm³/mol. The molecule has 0 radical (unpaired) electrons. The summed E-state index contributed by atoms with van der Waals surface area (Å²) in [5.41, 5.74) is 1.14. The smallest absolute Gasteiger partial charge is 0.0966 e. The molecule has 4 heterocycles. The van der Waals surface area contributed by atoms with Crippen molar-refractivity contribution >= 4 is 17.4 Å². The molecule has 0 aliphatic carbocycles. The monoisotopic (exact) mass is 221 g/mol. The third-order valence-electron chi connectivity index (χ3n) is 3.49. The third-order valence-corrected chi connectivity index (χ3v) is 4.31.